The largest absolute Gasteiger partial charge is 0.492 e. The van der Waals surface area contributed by atoms with E-state index >= 15 is 4.39 Å². The fourth-order valence-corrected chi connectivity index (χ4v) is 5.45. The summed E-state index contributed by atoms with van der Waals surface area (Å²) in [4.78, 5) is 29.4. The van der Waals surface area contributed by atoms with Crippen LogP contribution in [0.4, 0.5) is 10.1 Å². The maximum Gasteiger partial charge on any atom is 0.313 e. The molecule has 248 valence electrons. The van der Waals surface area contributed by atoms with Crippen molar-refractivity contribution in [1.82, 2.24) is 15.6 Å². The monoisotopic (exact) mass is 664 g/mol. The Morgan fingerprint density at radius 1 is 1.00 bits per heavy atom. The predicted molar refractivity (Wildman–Crippen MR) is 178 cm³/mol. The summed E-state index contributed by atoms with van der Waals surface area (Å²) in [7, 11) is 1.50. The van der Waals surface area contributed by atoms with Crippen molar-refractivity contribution in [3.05, 3.63) is 77.2 Å². The summed E-state index contributed by atoms with van der Waals surface area (Å²) in [6, 6.07) is 14.6. The van der Waals surface area contributed by atoms with Crippen molar-refractivity contribution in [2.75, 3.05) is 45.3 Å². The molecule has 1 saturated heterocycles. The van der Waals surface area contributed by atoms with Gasteiger partial charge in [-0.2, -0.15) is 0 Å². The quantitative estimate of drug-likeness (QED) is 0.143. The van der Waals surface area contributed by atoms with Gasteiger partial charge in [-0.1, -0.05) is 24.6 Å². The number of pyridine rings is 1. The smallest absolute Gasteiger partial charge is 0.313 e. The highest BCUT2D eigenvalue weighted by Gasteiger charge is 2.22. The zero-order valence-corrected chi connectivity index (χ0v) is 27.1. The molecular formula is C35H38ClFN4O6. The molecule has 4 aromatic rings. The number of nitrogens with one attached hydrogen (secondary N) is 3. The Morgan fingerprint density at radius 3 is 2.55 bits per heavy atom. The van der Waals surface area contributed by atoms with Gasteiger partial charge in [0.1, 0.15) is 5.75 Å². The average Bonchev–Trinajstić information content (AvgIpc) is 3.08. The number of hydrogen-bond acceptors (Lipinski definition) is 8. The number of fused-ring (bicyclic) bond motifs is 1. The number of aromatic nitrogens is 1. The molecule has 1 aromatic heterocycles. The van der Waals surface area contributed by atoms with E-state index in [4.69, 9.17) is 30.5 Å². The molecule has 12 heteroatoms. The number of carbonyl (C=O) groups excluding carboxylic acids is 2. The molecule has 1 aliphatic heterocycles. The molecule has 0 radical (unpaired) electrons. The zero-order chi connectivity index (χ0) is 33.2. The Balaban J connectivity index is 1.22. The molecule has 47 heavy (non-hydrogen) atoms. The second-order valence-electron chi connectivity index (χ2n) is 11.1. The van der Waals surface area contributed by atoms with Crippen LogP contribution in [0.25, 0.3) is 10.9 Å². The number of hydrogen-bond donors (Lipinski definition) is 3. The second-order valence-corrected chi connectivity index (χ2v) is 11.5. The van der Waals surface area contributed by atoms with Gasteiger partial charge in [-0.25, -0.2) is 4.39 Å². The first-order valence-electron chi connectivity index (χ1n) is 15.6. The summed E-state index contributed by atoms with van der Waals surface area (Å²) >= 11 is 6.27. The lowest BCUT2D eigenvalue weighted by atomic mass is 9.99. The minimum atomic E-state index is -0.934. The van der Waals surface area contributed by atoms with Gasteiger partial charge in [0.15, 0.2) is 23.1 Å². The van der Waals surface area contributed by atoms with E-state index in [9.17, 15) is 9.59 Å². The highest BCUT2D eigenvalue weighted by molar-refractivity contribution is 6.39. The van der Waals surface area contributed by atoms with Gasteiger partial charge in [-0.3, -0.25) is 14.6 Å². The first-order valence-corrected chi connectivity index (χ1v) is 16.0. The van der Waals surface area contributed by atoms with Crippen LogP contribution in [0.2, 0.25) is 5.02 Å². The summed E-state index contributed by atoms with van der Waals surface area (Å²) < 4.78 is 38.9. The molecule has 0 spiro atoms. The third-order valence-corrected chi connectivity index (χ3v) is 7.98. The van der Waals surface area contributed by atoms with Crippen LogP contribution < -0.4 is 34.9 Å². The fourth-order valence-electron chi connectivity index (χ4n) is 5.20. The topological polar surface area (TPSA) is 120 Å². The van der Waals surface area contributed by atoms with E-state index in [1.165, 1.54) is 19.2 Å². The molecule has 5 rings (SSSR count). The molecule has 0 unspecified atom stereocenters. The van der Waals surface area contributed by atoms with Crippen molar-refractivity contribution in [3.8, 4) is 28.7 Å². The fraction of sp³-hybridized carbons (Fsp3) is 0.343. The van der Waals surface area contributed by atoms with E-state index in [-0.39, 0.29) is 23.7 Å². The van der Waals surface area contributed by atoms with E-state index in [0.29, 0.717) is 58.7 Å². The lowest BCUT2D eigenvalue weighted by molar-refractivity contribution is -0.136. The number of halogens is 2. The molecule has 2 amide bonds. The van der Waals surface area contributed by atoms with E-state index in [2.05, 4.69) is 20.9 Å². The Kier molecular flexibility index (Phi) is 11.7. The van der Waals surface area contributed by atoms with Crippen LogP contribution in [0.1, 0.15) is 31.7 Å². The van der Waals surface area contributed by atoms with Crippen molar-refractivity contribution in [3.63, 3.8) is 0 Å². The maximum atomic E-state index is 15.3. The summed E-state index contributed by atoms with van der Waals surface area (Å²) in [5, 5.41) is 9.42. The van der Waals surface area contributed by atoms with Crippen molar-refractivity contribution < 1.29 is 32.9 Å². The van der Waals surface area contributed by atoms with Crippen LogP contribution >= 0.6 is 11.6 Å². The van der Waals surface area contributed by atoms with E-state index in [1.54, 1.807) is 36.5 Å². The van der Waals surface area contributed by atoms with Crippen molar-refractivity contribution in [2.24, 2.45) is 5.92 Å². The van der Waals surface area contributed by atoms with Crippen molar-refractivity contribution in [2.45, 2.75) is 32.6 Å². The number of carbonyl (C=O) groups is 2. The molecular weight excluding hydrogens is 627 g/mol. The molecule has 3 aromatic carbocycles. The van der Waals surface area contributed by atoms with Crippen LogP contribution in [0.15, 0.2) is 60.8 Å². The minimum absolute atomic E-state index is 0.0852. The third kappa shape index (κ3) is 8.81. The van der Waals surface area contributed by atoms with E-state index < -0.39 is 17.6 Å². The first kappa shape index (κ1) is 33.7. The predicted octanol–water partition coefficient (Wildman–Crippen LogP) is 6.29. The normalized spacial score (nSPS) is 13.2. The summed E-state index contributed by atoms with van der Waals surface area (Å²) in [6.07, 6.45) is 4.98. The van der Waals surface area contributed by atoms with Gasteiger partial charge in [0.25, 0.3) is 0 Å². The van der Waals surface area contributed by atoms with Crippen LogP contribution in [0.3, 0.4) is 0 Å². The molecule has 2 heterocycles. The number of anilines is 1. The third-order valence-electron chi connectivity index (χ3n) is 7.68. The van der Waals surface area contributed by atoms with Crippen LogP contribution in [0, 0.1) is 11.7 Å². The highest BCUT2D eigenvalue weighted by atomic mass is 35.5. The number of amides is 2. The molecule has 0 atom stereocenters. The van der Waals surface area contributed by atoms with Crippen LogP contribution in [-0.2, 0) is 16.0 Å². The summed E-state index contributed by atoms with van der Waals surface area (Å²) in [6.45, 7) is 5.16. The second kappa shape index (κ2) is 16.3. The Bertz CT molecular complexity index is 1720. The number of nitrogens with zero attached hydrogens (tertiary/aromatic N) is 1. The SMILES string of the molecule is CCCOc1ccc(CCNC(=O)C(=O)Nc2ccc(Oc3c(OC)c(OCC4CCNCC4)cc4ncccc34)c(F)c2)cc1Cl. The van der Waals surface area contributed by atoms with Gasteiger partial charge in [0.2, 0.25) is 5.75 Å². The Morgan fingerprint density at radius 2 is 1.81 bits per heavy atom. The minimum Gasteiger partial charge on any atom is -0.492 e. The first-order chi connectivity index (χ1) is 22.9. The van der Waals surface area contributed by atoms with E-state index in [1.807, 2.05) is 13.0 Å². The molecule has 1 aliphatic rings. The van der Waals surface area contributed by atoms with Gasteiger partial charge >= 0.3 is 11.8 Å². The maximum absolute atomic E-state index is 15.3. The highest BCUT2D eigenvalue weighted by Crippen LogP contribution is 2.45. The van der Waals surface area contributed by atoms with E-state index in [0.717, 1.165) is 44.0 Å². The number of methoxy groups -OCH3 is 1. The number of benzene rings is 3. The average molecular weight is 665 g/mol. The summed E-state index contributed by atoms with van der Waals surface area (Å²) in [5.74, 6) is -0.657. The van der Waals surface area contributed by atoms with Crippen LogP contribution in [0.5, 0.6) is 28.7 Å². The van der Waals surface area contributed by atoms with Crippen molar-refractivity contribution >= 4 is 40.0 Å². The Labute approximate surface area is 277 Å². The number of ether oxygens (including phenoxy) is 4. The standard InChI is InChI=1S/C35H38ClFN4O6/c1-3-17-45-29-8-6-22(18-26(29)36)12-16-40-34(42)35(43)41-24-7-9-30(27(37)19-24)47-32-25-5-4-13-39-28(25)20-31(33(32)44-2)46-21-23-10-14-38-15-11-23/h4-9,13,18-20,23,38H,3,10-12,14-17,21H2,1-2H3,(H,40,42)(H,41,43). The molecule has 0 saturated carbocycles. The number of rotatable bonds is 13. The number of piperidine rings is 1. The van der Waals surface area contributed by atoms with Gasteiger partial charge in [-0.15, -0.1) is 0 Å². The Hall–Kier alpha value is -4.61. The van der Waals surface area contributed by atoms with Gasteiger partial charge in [0.05, 0.1) is 30.9 Å². The van der Waals surface area contributed by atoms with Crippen LogP contribution in [-0.4, -0.2) is 56.8 Å². The van der Waals surface area contributed by atoms with Gasteiger partial charge in [0, 0.05) is 35.9 Å². The van der Waals surface area contributed by atoms with Gasteiger partial charge < -0.3 is 34.9 Å². The molecule has 0 bridgehead atoms. The van der Waals surface area contributed by atoms with Crippen molar-refractivity contribution in [1.29, 1.82) is 0 Å². The lowest BCUT2D eigenvalue weighted by Crippen LogP contribution is -2.36. The summed E-state index contributed by atoms with van der Waals surface area (Å²) in [5.41, 5.74) is 1.55. The lowest BCUT2D eigenvalue weighted by Gasteiger charge is -2.24. The molecule has 10 nitrogen and oxygen atoms in total. The molecule has 0 aliphatic carbocycles. The molecule has 1 fully saturated rings. The zero-order valence-electron chi connectivity index (χ0n) is 26.4. The molecule has 3 N–H and O–H groups in total. The van der Waals surface area contributed by atoms with Gasteiger partial charge in [-0.05, 0) is 86.7 Å².